The number of benzene rings is 1. The van der Waals surface area contributed by atoms with Crippen molar-refractivity contribution in [3.63, 3.8) is 0 Å². The Morgan fingerprint density at radius 3 is 2.62 bits per heavy atom. The van der Waals surface area contributed by atoms with Crippen LogP contribution in [0.1, 0.15) is 25.7 Å². The molecule has 1 saturated carbocycles. The van der Waals surface area contributed by atoms with Gasteiger partial charge < -0.3 is 9.84 Å². The molecule has 2 rings (SSSR count). The zero-order chi connectivity index (χ0) is 15.5. The van der Waals surface area contributed by atoms with E-state index in [1.807, 2.05) is 0 Å². The van der Waals surface area contributed by atoms with Gasteiger partial charge in [0, 0.05) is 12.1 Å². The molecular weight excluding hydrogens is 294 g/mol. The van der Waals surface area contributed by atoms with Gasteiger partial charge in [-0.15, -0.1) is 0 Å². The fraction of sp³-hybridized carbons (Fsp3) is 0.500. The number of sulfonamides is 1. The normalized spacial score (nSPS) is 16.3. The number of rotatable bonds is 6. The van der Waals surface area contributed by atoms with Crippen molar-refractivity contribution in [2.45, 2.75) is 36.6 Å². The molecule has 1 N–H and O–H groups in total. The lowest BCUT2D eigenvalue weighted by Gasteiger charge is -2.26. The molecule has 0 spiro atoms. The number of ether oxygens (including phenoxy) is 1. The Morgan fingerprint density at radius 1 is 1.38 bits per heavy atom. The van der Waals surface area contributed by atoms with Crippen LogP contribution in [0, 0.1) is 0 Å². The van der Waals surface area contributed by atoms with Gasteiger partial charge in [0.2, 0.25) is 10.0 Å². The molecule has 0 aromatic heterocycles. The van der Waals surface area contributed by atoms with Crippen LogP contribution in [-0.4, -0.2) is 43.5 Å². The van der Waals surface area contributed by atoms with E-state index in [2.05, 4.69) is 0 Å². The average Bonchev–Trinajstić information content (AvgIpc) is 2.98. The van der Waals surface area contributed by atoms with Gasteiger partial charge in [0.15, 0.2) is 0 Å². The molecule has 0 bridgehead atoms. The first-order chi connectivity index (χ1) is 9.95. The number of hydrogen-bond donors (Lipinski definition) is 1. The molecule has 1 aliphatic rings. The van der Waals surface area contributed by atoms with Crippen LogP contribution in [0.2, 0.25) is 0 Å². The minimum atomic E-state index is -3.84. The molecule has 1 fully saturated rings. The number of methoxy groups -OCH3 is 1. The van der Waals surface area contributed by atoms with Crippen LogP contribution in [0.5, 0.6) is 5.75 Å². The lowest BCUT2D eigenvalue weighted by Crippen LogP contribution is -2.42. The fourth-order valence-electron chi connectivity index (χ4n) is 2.63. The Morgan fingerprint density at radius 2 is 2.05 bits per heavy atom. The summed E-state index contributed by atoms with van der Waals surface area (Å²) in [5.74, 6) is -0.717. The van der Waals surface area contributed by atoms with E-state index in [9.17, 15) is 13.2 Å². The Labute approximate surface area is 124 Å². The van der Waals surface area contributed by atoms with Crippen molar-refractivity contribution < 1.29 is 23.1 Å². The monoisotopic (exact) mass is 313 g/mol. The smallest absolute Gasteiger partial charge is 0.318 e. The lowest BCUT2D eigenvalue weighted by atomic mass is 10.2. The van der Waals surface area contributed by atoms with Crippen LogP contribution >= 0.6 is 0 Å². The van der Waals surface area contributed by atoms with Crippen LogP contribution in [0.25, 0.3) is 0 Å². The second kappa shape index (κ2) is 6.44. The predicted molar refractivity (Wildman–Crippen MR) is 76.8 cm³/mol. The van der Waals surface area contributed by atoms with Gasteiger partial charge in [0.25, 0.3) is 0 Å². The fourth-order valence-corrected chi connectivity index (χ4v) is 4.30. The summed E-state index contributed by atoms with van der Waals surface area (Å²) in [6.45, 7) is -0.510. The summed E-state index contributed by atoms with van der Waals surface area (Å²) in [7, 11) is -2.38. The number of nitrogens with zero attached hydrogens (tertiary/aromatic N) is 1. The number of carboxylic acid groups (broad SMARTS) is 1. The van der Waals surface area contributed by atoms with E-state index >= 15 is 0 Å². The minimum absolute atomic E-state index is 0.0648. The Hall–Kier alpha value is -1.60. The predicted octanol–water partition coefficient (Wildman–Crippen LogP) is 1.71. The molecule has 0 saturated heterocycles. The van der Waals surface area contributed by atoms with Gasteiger partial charge in [0.05, 0.1) is 12.0 Å². The summed E-state index contributed by atoms with van der Waals surface area (Å²) in [4.78, 5) is 11.1. The van der Waals surface area contributed by atoms with Crippen molar-refractivity contribution in [3.05, 3.63) is 24.3 Å². The van der Waals surface area contributed by atoms with Crippen molar-refractivity contribution >= 4 is 16.0 Å². The number of carbonyl (C=O) groups is 1. The maximum atomic E-state index is 12.7. The third-order valence-electron chi connectivity index (χ3n) is 3.67. The van der Waals surface area contributed by atoms with Gasteiger partial charge in [-0.25, -0.2) is 8.42 Å². The molecule has 0 atom stereocenters. The van der Waals surface area contributed by atoms with E-state index < -0.39 is 22.5 Å². The molecule has 1 aromatic carbocycles. The number of carboxylic acids is 1. The Kier molecular flexibility index (Phi) is 4.84. The van der Waals surface area contributed by atoms with Gasteiger partial charge in [-0.1, -0.05) is 18.9 Å². The second-order valence-corrected chi connectivity index (χ2v) is 6.95. The summed E-state index contributed by atoms with van der Waals surface area (Å²) in [6, 6.07) is 5.87. The first-order valence-electron chi connectivity index (χ1n) is 6.83. The largest absolute Gasteiger partial charge is 0.497 e. The quantitative estimate of drug-likeness (QED) is 0.864. The molecule has 7 heteroatoms. The third-order valence-corrected chi connectivity index (χ3v) is 5.57. The van der Waals surface area contributed by atoms with Gasteiger partial charge >= 0.3 is 5.97 Å². The van der Waals surface area contributed by atoms with Crippen LogP contribution in [0.15, 0.2) is 29.2 Å². The maximum absolute atomic E-state index is 12.7. The third kappa shape index (κ3) is 3.54. The molecule has 1 aromatic rings. The van der Waals surface area contributed by atoms with Crippen molar-refractivity contribution in [2.75, 3.05) is 13.7 Å². The van der Waals surface area contributed by atoms with Gasteiger partial charge in [-0.05, 0) is 25.0 Å². The molecule has 0 aliphatic heterocycles. The summed E-state index contributed by atoms with van der Waals surface area (Å²) >= 11 is 0. The molecule has 6 nitrogen and oxygen atoms in total. The first-order valence-corrected chi connectivity index (χ1v) is 8.27. The summed E-state index contributed by atoms with van der Waals surface area (Å²) in [6.07, 6.45) is 3.26. The molecule has 0 unspecified atom stereocenters. The summed E-state index contributed by atoms with van der Waals surface area (Å²) in [5.41, 5.74) is 0. The highest BCUT2D eigenvalue weighted by Crippen LogP contribution is 2.29. The van der Waals surface area contributed by atoms with Crippen molar-refractivity contribution in [1.82, 2.24) is 4.31 Å². The Bertz CT molecular complexity index is 608. The minimum Gasteiger partial charge on any atom is -0.497 e. The maximum Gasteiger partial charge on any atom is 0.318 e. The van der Waals surface area contributed by atoms with Crippen LogP contribution < -0.4 is 4.74 Å². The number of hydrogen-bond acceptors (Lipinski definition) is 4. The van der Waals surface area contributed by atoms with Gasteiger partial charge in [-0.3, -0.25) is 4.79 Å². The lowest BCUT2D eigenvalue weighted by molar-refractivity contribution is -0.137. The van der Waals surface area contributed by atoms with Crippen LogP contribution in [0.4, 0.5) is 0 Å². The first kappa shape index (κ1) is 15.8. The van der Waals surface area contributed by atoms with E-state index in [-0.39, 0.29) is 10.9 Å². The SMILES string of the molecule is COc1cccc(S(=O)(=O)N(CC(=O)O)C2CCCC2)c1. The highest BCUT2D eigenvalue weighted by molar-refractivity contribution is 7.89. The highest BCUT2D eigenvalue weighted by Gasteiger charge is 2.34. The van der Waals surface area contributed by atoms with E-state index in [4.69, 9.17) is 9.84 Å². The van der Waals surface area contributed by atoms with E-state index in [1.54, 1.807) is 12.1 Å². The van der Waals surface area contributed by atoms with Crippen molar-refractivity contribution in [1.29, 1.82) is 0 Å². The number of aliphatic carboxylic acids is 1. The summed E-state index contributed by atoms with van der Waals surface area (Å²) < 4.78 is 31.6. The van der Waals surface area contributed by atoms with Crippen molar-refractivity contribution in [3.8, 4) is 5.75 Å². The standard InChI is InChI=1S/C14H19NO5S/c1-20-12-7-4-8-13(9-12)21(18,19)15(10-14(16)17)11-5-2-3-6-11/h4,7-9,11H,2-3,5-6,10H2,1H3,(H,16,17). The van der Waals surface area contributed by atoms with E-state index in [0.717, 1.165) is 17.1 Å². The Balaban J connectivity index is 2.37. The molecular formula is C14H19NO5S. The highest BCUT2D eigenvalue weighted by atomic mass is 32.2. The topological polar surface area (TPSA) is 83.9 Å². The second-order valence-electron chi connectivity index (χ2n) is 5.06. The summed E-state index contributed by atoms with van der Waals surface area (Å²) in [5, 5.41) is 9.02. The van der Waals surface area contributed by atoms with E-state index in [1.165, 1.54) is 19.2 Å². The van der Waals surface area contributed by atoms with Crippen LogP contribution in [-0.2, 0) is 14.8 Å². The van der Waals surface area contributed by atoms with Gasteiger partial charge in [-0.2, -0.15) is 4.31 Å². The van der Waals surface area contributed by atoms with Crippen LogP contribution in [0.3, 0.4) is 0 Å². The zero-order valence-electron chi connectivity index (χ0n) is 11.9. The molecule has 21 heavy (non-hydrogen) atoms. The van der Waals surface area contributed by atoms with Gasteiger partial charge in [0.1, 0.15) is 12.3 Å². The molecule has 0 amide bonds. The average molecular weight is 313 g/mol. The van der Waals surface area contributed by atoms with E-state index in [0.29, 0.717) is 18.6 Å². The zero-order valence-corrected chi connectivity index (χ0v) is 12.7. The molecule has 0 heterocycles. The molecule has 116 valence electrons. The molecule has 0 radical (unpaired) electrons. The van der Waals surface area contributed by atoms with Crippen molar-refractivity contribution in [2.24, 2.45) is 0 Å². The molecule has 1 aliphatic carbocycles.